The van der Waals surface area contributed by atoms with Crippen LogP contribution >= 0.6 is 12.2 Å². The Hall–Kier alpha value is -3.19. The number of aromatic amines is 1. The van der Waals surface area contributed by atoms with Gasteiger partial charge < -0.3 is 15.0 Å². The average Bonchev–Trinajstić information content (AvgIpc) is 2.69. The van der Waals surface area contributed by atoms with Crippen molar-refractivity contribution in [3.05, 3.63) is 75.8 Å². The molecule has 2 aromatic carbocycles. The maximum Gasteiger partial charge on any atom is 0.262 e. The van der Waals surface area contributed by atoms with E-state index in [0.717, 1.165) is 6.42 Å². The van der Waals surface area contributed by atoms with E-state index in [4.69, 9.17) is 17.0 Å². The van der Waals surface area contributed by atoms with Crippen molar-refractivity contribution < 1.29 is 9.53 Å². The SMILES string of the molecule is C=CCn1c(=S)[nH]c2cc(C(=O)Nc3cccc(OCCC)c3)ccc2c1=O. The van der Waals surface area contributed by atoms with Gasteiger partial charge >= 0.3 is 0 Å². The Bertz CT molecular complexity index is 1150. The number of allylic oxidation sites excluding steroid dienone is 1. The first-order valence-electron chi connectivity index (χ1n) is 8.95. The third kappa shape index (κ3) is 4.20. The second-order valence-corrected chi connectivity index (χ2v) is 6.61. The van der Waals surface area contributed by atoms with E-state index in [9.17, 15) is 9.59 Å². The smallest absolute Gasteiger partial charge is 0.262 e. The lowest BCUT2D eigenvalue weighted by molar-refractivity contribution is 0.102. The van der Waals surface area contributed by atoms with Gasteiger partial charge in [0.25, 0.3) is 11.5 Å². The van der Waals surface area contributed by atoms with Gasteiger partial charge in [0.1, 0.15) is 5.75 Å². The molecule has 7 heteroatoms. The molecule has 0 atom stereocenters. The normalized spacial score (nSPS) is 10.6. The first-order valence-corrected chi connectivity index (χ1v) is 9.36. The summed E-state index contributed by atoms with van der Waals surface area (Å²) in [5.41, 5.74) is 1.35. The number of rotatable bonds is 7. The Labute approximate surface area is 167 Å². The van der Waals surface area contributed by atoms with E-state index in [1.54, 1.807) is 36.4 Å². The van der Waals surface area contributed by atoms with Crippen LogP contribution in [0.2, 0.25) is 0 Å². The third-order valence-electron chi connectivity index (χ3n) is 4.12. The van der Waals surface area contributed by atoms with Crippen LogP contribution < -0.4 is 15.6 Å². The zero-order valence-corrected chi connectivity index (χ0v) is 16.3. The monoisotopic (exact) mass is 395 g/mol. The van der Waals surface area contributed by atoms with Gasteiger partial charge in [-0.25, -0.2) is 0 Å². The summed E-state index contributed by atoms with van der Waals surface area (Å²) in [6.45, 7) is 6.60. The largest absolute Gasteiger partial charge is 0.494 e. The highest BCUT2D eigenvalue weighted by molar-refractivity contribution is 7.71. The van der Waals surface area contributed by atoms with Gasteiger partial charge in [-0.05, 0) is 49.0 Å². The molecule has 6 nitrogen and oxygen atoms in total. The second kappa shape index (κ2) is 8.67. The van der Waals surface area contributed by atoms with E-state index in [1.807, 2.05) is 19.1 Å². The standard InChI is InChI=1S/C21H21N3O3S/c1-3-10-24-20(26)17-9-8-14(12-18(17)23-21(24)28)19(25)22-15-6-5-7-16(13-15)27-11-4-2/h3,5-9,12-13H,1,4,10-11H2,2H3,(H,22,25)(H,23,28). The van der Waals surface area contributed by atoms with E-state index in [1.165, 1.54) is 4.57 Å². The highest BCUT2D eigenvalue weighted by Crippen LogP contribution is 2.19. The van der Waals surface area contributed by atoms with Crippen molar-refractivity contribution in [2.45, 2.75) is 19.9 Å². The summed E-state index contributed by atoms with van der Waals surface area (Å²) in [5.74, 6) is 0.411. The number of nitrogens with zero attached hydrogens (tertiary/aromatic N) is 1. The number of anilines is 1. The summed E-state index contributed by atoms with van der Waals surface area (Å²) in [4.78, 5) is 28.2. The molecule has 0 unspecified atom stereocenters. The Morgan fingerprint density at radius 3 is 2.89 bits per heavy atom. The zero-order valence-electron chi connectivity index (χ0n) is 15.5. The quantitative estimate of drug-likeness (QED) is 0.462. The molecule has 0 aliphatic carbocycles. The van der Waals surface area contributed by atoms with Crippen LogP contribution in [0.4, 0.5) is 5.69 Å². The van der Waals surface area contributed by atoms with Gasteiger partial charge in [0, 0.05) is 23.9 Å². The molecule has 1 aromatic heterocycles. The molecule has 28 heavy (non-hydrogen) atoms. The van der Waals surface area contributed by atoms with Gasteiger partial charge in [-0.2, -0.15) is 0 Å². The average molecular weight is 395 g/mol. The van der Waals surface area contributed by atoms with E-state index in [-0.39, 0.29) is 16.2 Å². The fourth-order valence-electron chi connectivity index (χ4n) is 2.78. The third-order valence-corrected chi connectivity index (χ3v) is 4.44. The number of H-pyrrole nitrogens is 1. The van der Waals surface area contributed by atoms with Crippen molar-refractivity contribution in [2.75, 3.05) is 11.9 Å². The van der Waals surface area contributed by atoms with Crippen molar-refractivity contribution >= 4 is 34.7 Å². The predicted octanol–water partition coefficient (Wildman–Crippen LogP) is 4.29. The summed E-state index contributed by atoms with van der Waals surface area (Å²) in [6.07, 6.45) is 2.51. The first kappa shape index (κ1) is 19.6. The lowest BCUT2D eigenvalue weighted by Gasteiger charge is -2.10. The van der Waals surface area contributed by atoms with Crippen LogP contribution in [0.1, 0.15) is 23.7 Å². The number of amides is 1. The highest BCUT2D eigenvalue weighted by atomic mass is 32.1. The number of ether oxygens (including phenoxy) is 1. The molecular weight excluding hydrogens is 374 g/mol. The summed E-state index contributed by atoms with van der Waals surface area (Å²) >= 11 is 5.24. The number of hydrogen-bond acceptors (Lipinski definition) is 4. The maximum atomic E-state index is 12.6. The molecule has 0 spiro atoms. The Kier molecular flexibility index (Phi) is 6.06. The maximum absolute atomic E-state index is 12.6. The number of hydrogen-bond donors (Lipinski definition) is 2. The van der Waals surface area contributed by atoms with E-state index in [2.05, 4.69) is 16.9 Å². The van der Waals surface area contributed by atoms with E-state index in [0.29, 0.717) is 41.1 Å². The summed E-state index contributed by atoms with van der Waals surface area (Å²) in [6, 6.07) is 12.1. The number of carbonyl (C=O) groups is 1. The van der Waals surface area contributed by atoms with Gasteiger partial charge in [0.05, 0.1) is 17.5 Å². The fourth-order valence-corrected chi connectivity index (χ4v) is 3.04. The molecule has 144 valence electrons. The molecule has 0 saturated carbocycles. The highest BCUT2D eigenvalue weighted by Gasteiger charge is 2.11. The number of fused-ring (bicyclic) bond motifs is 1. The minimum absolute atomic E-state index is 0.216. The molecule has 1 amide bonds. The number of benzene rings is 2. The van der Waals surface area contributed by atoms with Gasteiger partial charge in [0.2, 0.25) is 0 Å². The van der Waals surface area contributed by atoms with Gasteiger partial charge in [-0.3, -0.25) is 14.2 Å². The fraction of sp³-hybridized carbons (Fsp3) is 0.190. The predicted molar refractivity (Wildman–Crippen MR) is 114 cm³/mol. The van der Waals surface area contributed by atoms with Crippen LogP contribution in [0.3, 0.4) is 0 Å². The van der Waals surface area contributed by atoms with Crippen LogP contribution in [0.15, 0.2) is 59.9 Å². The Balaban J connectivity index is 1.88. The molecule has 3 aromatic rings. The lowest BCUT2D eigenvalue weighted by atomic mass is 10.1. The van der Waals surface area contributed by atoms with E-state index >= 15 is 0 Å². The Morgan fingerprint density at radius 1 is 1.32 bits per heavy atom. The van der Waals surface area contributed by atoms with Crippen molar-refractivity contribution in [1.82, 2.24) is 9.55 Å². The molecule has 2 N–H and O–H groups in total. The van der Waals surface area contributed by atoms with E-state index < -0.39 is 0 Å². The van der Waals surface area contributed by atoms with Crippen LogP contribution in [-0.2, 0) is 6.54 Å². The minimum atomic E-state index is -0.288. The minimum Gasteiger partial charge on any atom is -0.494 e. The van der Waals surface area contributed by atoms with Gasteiger partial charge in [-0.15, -0.1) is 6.58 Å². The molecule has 0 bridgehead atoms. The number of carbonyl (C=O) groups excluding carboxylic acids is 1. The lowest BCUT2D eigenvalue weighted by Crippen LogP contribution is -2.22. The Morgan fingerprint density at radius 2 is 2.14 bits per heavy atom. The topological polar surface area (TPSA) is 76.1 Å². The molecule has 0 aliphatic rings. The molecular formula is C21H21N3O3S. The molecule has 0 saturated heterocycles. The summed E-state index contributed by atoms with van der Waals surface area (Å²) < 4.78 is 7.30. The molecule has 0 radical (unpaired) electrons. The van der Waals surface area contributed by atoms with Crippen LogP contribution in [-0.4, -0.2) is 22.1 Å². The molecule has 0 aliphatic heterocycles. The molecule has 3 rings (SSSR count). The number of nitrogens with one attached hydrogen (secondary N) is 2. The van der Waals surface area contributed by atoms with Crippen molar-refractivity contribution in [2.24, 2.45) is 0 Å². The second-order valence-electron chi connectivity index (χ2n) is 6.23. The van der Waals surface area contributed by atoms with Gasteiger partial charge in [0.15, 0.2) is 4.77 Å². The molecule has 1 heterocycles. The van der Waals surface area contributed by atoms with Gasteiger partial charge in [-0.1, -0.05) is 19.1 Å². The number of aromatic nitrogens is 2. The van der Waals surface area contributed by atoms with Crippen LogP contribution in [0.25, 0.3) is 10.9 Å². The summed E-state index contributed by atoms with van der Waals surface area (Å²) in [5, 5.41) is 3.31. The van der Waals surface area contributed by atoms with Crippen LogP contribution in [0.5, 0.6) is 5.75 Å². The van der Waals surface area contributed by atoms with Crippen LogP contribution in [0, 0.1) is 4.77 Å². The zero-order chi connectivity index (χ0) is 20.1. The van der Waals surface area contributed by atoms with Crippen molar-refractivity contribution in [3.63, 3.8) is 0 Å². The van der Waals surface area contributed by atoms with Crippen molar-refractivity contribution in [1.29, 1.82) is 0 Å². The molecule has 0 fully saturated rings. The summed E-state index contributed by atoms with van der Waals surface area (Å²) in [7, 11) is 0. The first-order chi connectivity index (χ1) is 13.5. The van der Waals surface area contributed by atoms with Crippen molar-refractivity contribution in [3.8, 4) is 5.75 Å².